The maximum Gasteiger partial charge on any atom is 0.407 e. The number of carbonyl (C=O) groups excluding carboxylic acids is 4. The number of aromatic amines is 2. The van der Waals surface area contributed by atoms with Gasteiger partial charge < -0.3 is 39.9 Å². The minimum atomic E-state index is -0.652. The number of aromatic nitrogens is 4. The van der Waals surface area contributed by atoms with Crippen LogP contribution in [0, 0.1) is 11.8 Å². The zero-order valence-corrected chi connectivity index (χ0v) is 42.1. The number of aryl methyl sites for hydroxylation is 4. The molecule has 70 heavy (non-hydrogen) atoms. The summed E-state index contributed by atoms with van der Waals surface area (Å²) in [4.78, 5) is 74.2. The van der Waals surface area contributed by atoms with E-state index < -0.39 is 24.3 Å². The van der Waals surface area contributed by atoms with Crippen molar-refractivity contribution in [1.82, 2.24) is 40.4 Å². The van der Waals surface area contributed by atoms with Crippen molar-refractivity contribution in [2.45, 2.75) is 113 Å². The van der Waals surface area contributed by atoms with Gasteiger partial charge in [0.15, 0.2) is 0 Å². The van der Waals surface area contributed by atoms with Gasteiger partial charge in [0.2, 0.25) is 11.8 Å². The second-order valence-electron chi connectivity index (χ2n) is 19.7. The number of H-pyrrole nitrogens is 2. The quantitative estimate of drug-likeness (QED) is 0.0793. The van der Waals surface area contributed by atoms with Gasteiger partial charge in [-0.05, 0) is 158 Å². The van der Waals surface area contributed by atoms with E-state index in [4.69, 9.17) is 19.4 Å². The Labute approximate surface area is 418 Å². The molecule has 4 fully saturated rings. The molecule has 0 spiro atoms. The van der Waals surface area contributed by atoms with Gasteiger partial charge in [-0.25, -0.2) is 19.6 Å². The summed E-state index contributed by atoms with van der Waals surface area (Å²) < 4.78 is 9.79. The largest absolute Gasteiger partial charge is 0.453 e. The van der Waals surface area contributed by atoms with Crippen LogP contribution in [0.5, 0.6) is 0 Å². The summed E-state index contributed by atoms with van der Waals surface area (Å²) in [6, 6.07) is 21.2. The van der Waals surface area contributed by atoms with Crippen LogP contribution in [-0.4, -0.2) is 116 Å². The number of thioether (sulfide) groups is 2. The highest BCUT2D eigenvalue weighted by Crippen LogP contribution is 2.51. The molecule has 4 heterocycles. The number of hydrogen-bond acceptors (Lipinski definition) is 10. The molecular weight excluding hydrogens is 921 g/mol. The summed E-state index contributed by atoms with van der Waals surface area (Å²) >= 11 is 3.30. The van der Waals surface area contributed by atoms with Crippen LogP contribution in [0.1, 0.15) is 97.4 Å². The first-order valence-electron chi connectivity index (χ1n) is 24.9. The molecule has 4 amide bonds. The van der Waals surface area contributed by atoms with Gasteiger partial charge in [0.05, 0.1) is 50.1 Å². The molecule has 0 radical (unpaired) electrons. The van der Waals surface area contributed by atoms with E-state index in [1.165, 1.54) is 47.6 Å². The van der Waals surface area contributed by atoms with Crippen molar-refractivity contribution in [2.24, 2.45) is 11.8 Å². The fourth-order valence-corrected chi connectivity index (χ4v) is 13.2. The zero-order chi connectivity index (χ0) is 48.5. The molecule has 5 aromatic rings. The number of ether oxygens (including phenoxy) is 2. The molecule has 2 aromatic heterocycles. The van der Waals surface area contributed by atoms with Crippen LogP contribution in [0.3, 0.4) is 0 Å². The van der Waals surface area contributed by atoms with E-state index in [9.17, 15) is 19.2 Å². The van der Waals surface area contributed by atoms with E-state index >= 15 is 0 Å². The first-order valence-corrected chi connectivity index (χ1v) is 27.7. The standard InChI is InChI=1S/C54H64N8O6S2/c1-67-53(65)59-43(21-23-69-3)51(63)61-39-19-17-37(27-39)47(61)49-55-29-45(57-49)36-15-13-34(14-16-36)41-25-31-5-9-33(41)10-6-32-8-12-35(11-7-31)42(26-32)46-30-56-50(58-46)48-38-18-20-40(28-38)62(48)52(64)44(22-24-70-4)60-54(66)68-2/h5,8-9,12-16,25-26,29-30,37-40,43-44,47-48H,6-7,10-11,17-24,27-28H2,1-4H3,(H,55,57)(H,56,58)(H,59,65)(H,60,66). The van der Waals surface area contributed by atoms with Crippen LogP contribution in [-0.2, 0) is 44.7 Å². The number of fused-ring (bicyclic) bond motifs is 4. The highest BCUT2D eigenvalue weighted by atomic mass is 32.2. The average Bonchev–Trinajstić information content (AvgIpc) is 4.27. The third-order valence-corrected chi connectivity index (χ3v) is 17.0. The number of methoxy groups -OCH3 is 2. The van der Waals surface area contributed by atoms with Crippen molar-refractivity contribution in [3.8, 4) is 33.6 Å². The van der Waals surface area contributed by atoms with Crippen LogP contribution < -0.4 is 10.6 Å². The minimum absolute atomic E-state index is 0.0584. The molecule has 13 rings (SSSR count). The van der Waals surface area contributed by atoms with E-state index in [0.717, 1.165) is 110 Å². The Morgan fingerprint density at radius 1 is 0.629 bits per heavy atom. The number of benzene rings is 3. The number of piperidine rings is 2. The summed E-state index contributed by atoms with van der Waals surface area (Å²) in [5.41, 5.74) is 11.6. The molecule has 14 nitrogen and oxygen atoms in total. The van der Waals surface area contributed by atoms with Crippen LogP contribution >= 0.6 is 23.5 Å². The van der Waals surface area contributed by atoms with Gasteiger partial charge in [0.25, 0.3) is 0 Å². The van der Waals surface area contributed by atoms with Crippen molar-refractivity contribution < 1.29 is 28.7 Å². The average molecular weight is 985 g/mol. The van der Waals surface area contributed by atoms with Gasteiger partial charge in [-0.3, -0.25) is 9.59 Å². The Morgan fingerprint density at radius 2 is 1.10 bits per heavy atom. The number of amides is 4. The Morgan fingerprint density at radius 3 is 1.61 bits per heavy atom. The molecule has 4 N–H and O–H groups in total. The van der Waals surface area contributed by atoms with Crippen LogP contribution in [0.2, 0.25) is 0 Å². The van der Waals surface area contributed by atoms with Crippen molar-refractivity contribution in [3.05, 3.63) is 107 Å². The second-order valence-corrected chi connectivity index (χ2v) is 21.7. The van der Waals surface area contributed by atoms with Crippen molar-refractivity contribution >= 4 is 47.5 Å². The molecule has 8 unspecified atom stereocenters. The summed E-state index contributed by atoms with van der Waals surface area (Å²) in [5.74, 6) is 3.61. The van der Waals surface area contributed by atoms with Gasteiger partial charge in [-0.2, -0.15) is 23.5 Å². The van der Waals surface area contributed by atoms with E-state index in [1.54, 1.807) is 23.5 Å². The summed E-state index contributed by atoms with van der Waals surface area (Å²) in [5, 5.41) is 5.63. The van der Waals surface area contributed by atoms with Crippen LogP contribution in [0.15, 0.2) is 73.1 Å². The number of alkyl carbamates (subject to hydrolysis) is 2. The zero-order valence-electron chi connectivity index (χ0n) is 40.5. The smallest absolute Gasteiger partial charge is 0.407 e. The minimum Gasteiger partial charge on any atom is -0.453 e. The molecule has 16 heteroatoms. The topological polar surface area (TPSA) is 175 Å². The Bertz CT molecular complexity index is 2720. The van der Waals surface area contributed by atoms with Gasteiger partial charge in [0, 0.05) is 17.6 Å². The lowest BCUT2D eigenvalue weighted by atomic mass is 9.88. The van der Waals surface area contributed by atoms with Gasteiger partial charge in [-0.1, -0.05) is 54.6 Å². The Kier molecular flexibility index (Phi) is 14.3. The molecule has 2 saturated carbocycles. The highest BCUT2D eigenvalue weighted by Gasteiger charge is 2.52. The normalized spacial score (nSPS) is 23.0. The lowest BCUT2D eigenvalue weighted by molar-refractivity contribution is -0.139. The molecule has 2 aliphatic heterocycles. The third-order valence-electron chi connectivity index (χ3n) is 15.7. The van der Waals surface area contributed by atoms with E-state index in [2.05, 4.69) is 81.3 Å². The number of likely N-dealkylation sites (tertiary alicyclic amines) is 2. The van der Waals surface area contributed by atoms with Crippen molar-refractivity contribution in [3.63, 3.8) is 0 Å². The first-order chi connectivity index (χ1) is 34.1. The lowest BCUT2D eigenvalue weighted by Crippen LogP contribution is -2.52. The number of nitrogens with one attached hydrogen (secondary N) is 4. The van der Waals surface area contributed by atoms with E-state index in [1.807, 2.05) is 34.7 Å². The molecule has 368 valence electrons. The monoisotopic (exact) mass is 984 g/mol. The van der Waals surface area contributed by atoms with Gasteiger partial charge in [0.1, 0.15) is 23.7 Å². The molecule has 6 aliphatic carbocycles. The second kappa shape index (κ2) is 20.9. The van der Waals surface area contributed by atoms with Crippen molar-refractivity contribution in [2.75, 3.05) is 38.2 Å². The number of hydrogen-bond donors (Lipinski definition) is 4. The van der Waals surface area contributed by atoms with Gasteiger partial charge in [-0.15, -0.1) is 0 Å². The van der Waals surface area contributed by atoms with E-state index in [-0.39, 0.29) is 36.0 Å². The maximum atomic E-state index is 14.2. The molecular formula is C54H64N8O6S2. The number of imidazole rings is 2. The molecule has 2 saturated heterocycles. The lowest BCUT2D eigenvalue weighted by Gasteiger charge is -2.36. The number of rotatable bonds is 15. The van der Waals surface area contributed by atoms with Gasteiger partial charge >= 0.3 is 12.2 Å². The summed E-state index contributed by atoms with van der Waals surface area (Å²) in [6.45, 7) is 0. The Hall–Kier alpha value is -5.74. The van der Waals surface area contributed by atoms with E-state index in [0.29, 0.717) is 24.7 Å². The number of nitrogens with zero attached hydrogens (tertiary/aromatic N) is 4. The fourth-order valence-electron chi connectivity index (χ4n) is 12.2. The first kappa shape index (κ1) is 47.9. The van der Waals surface area contributed by atoms with Crippen molar-refractivity contribution in [1.29, 1.82) is 0 Å². The number of carbonyl (C=O) groups is 4. The summed E-state index contributed by atoms with van der Waals surface area (Å²) in [7, 11) is 2.66. The maximum absolute atomic E-state index is 14.2. The molecule has 8 aliphatic rings. The summed E-state index contributed by atoms with van der Waals surface area (Å²) in [6.07, 6.45) is 17.1. The van der Waals surface area contributed by atoms with Crippen LogP contribution in [0.4, 0.5) is 9.59 Å². The predicted molar refractivity (Wildman–Crippen MR) is 274 cm³/mol. The fraction of sp³-hybridized carbons (Fsp3) is 0.481. The SMILES string of the molecule is COC(=O)NC(CCSC)C(=O)N1C2CCC(C2)C1c1ncc(-c2ccc(-c3cc4ccc3CCc3ccc(c(-c5cnc(C6C7CCC(C7)N6C(=O)C(CCSC)NC(=O)OC)[nH]5)c3)CC4)cc2)[nH]1. The Balaban J connectivity index is 0.848. The molecule has 3 aromatic carbocycles. The molecule has 8 bridgehead atoms. The highest BCUT2D eigenvalue weighted by molar-refractivity contribution is 7.98. The predicted octanol–water partition coefficient (Wildman–Crippen LogP) is 9.08. The molecule has 8 atom stereocenters. The van der Waals surface area contributed by atoms with Crippen LogP contribution in [0.25, 0.3) is 33.6 Å². The third kappa shape index (κ3) is 9.57.